The lowest BCUT2D eigenvalue weighted by Gasteiger charge is -2.58. The van der Waals surface area contributed by atoms with Crippen molar-refractivity contribution in [1.29, 1.82) is 0 Å². The lowest BCUT2D eigenvalue weighted by Crippen LogP contribution is -2.54. The van der Waals surface area contributed by atoms with Crippen molar-refractivity contribution in [1.82, 2.24) is 0 Å². The Labute approximate surface area is 153 Å². The lowest BCUT2D eigenvalue weighted by atomic mass is 9.47. The fourth-order valence-corrected chi connectivity index (χ4v) is 7.26. The Bertz CT molecular complexity index is 616. The first-order valence-corrected chi connectivity index (χ1v) is 10.4. The van der Waals surface area contributed by atoms with Gasteiger partial charge in [-0.2, -0.15) is 0 Å². The van der Waals surface area contributed by atoms with E-state index in [0.717, 1.165) is 38.2 Å². The Kier molecular flexibility index (Phi) is 4.13. The molecule has 0 aromatic carbocycles. The molecule has 138 valence electrons. The van der Waals surface area contributed by atoms with E-state index < -0.39 is 5.60 Å². The highest BCUT2D eigenvalue weighted by Gasteiger charge is 2.63. The van der Waals surface area contributed by atoms with Gasteiger partial charge in [-0.1, -0.05) is 31.4 Å². The average Bonchev–Trinajstić information content (AvgIpc) is 2.87. The Morgan fingerprint density at radius 3 is 2.68 bits per heavy atom. The zero-order valence-electron chi connectivity index (χ0n) is 16.2. The molecule has 3 saturated carbocycles. The predicted molar refractivity (Wildman–Crippen MR) is 101 cm³/mol. The normalized spacial score (nSPS) is 51.7. The van der Waals surface area contributed by atoms with Gasteiger partial charge >= 0.3 is 0 Å². The van der Waals surface area contributed by atoms with Crippen LogP contribution in [0.3, 0.4) is 0 Å². The molecular weight excluding hydrogens is 308 g/mol. The molecule has 1 N–H and O–H groups in total. The second-order valence-electron chi connectivity index (χ2n) is 9.58. The predicted octanol–water partition coefficient (Wildman–Crippen LogP) is 4.72. The maximum Gasteiger partial charge on any atom is 0.130 e. The van der Waals surface area contributed by atoms with Gasteiger partial charge in [0.05, 0.1) is 6.10 Å². The van der Waals surface area contributed by atoms with Gasteiger partial charge in [-0.15, -0.1) is 6.42 Å². The molecule has 0 aromatic heterocycles. The third-order valence-electron chi connectivity index (χ3n) is 8.85. The lowest BCUT2D eigenvalue weighted by molar-refractivity contribution is -0.0988. The monoisotopic (exact) mass is 342 g/mol. The highest BCUT2D eigenvalue weighted by molar-refractivity contribution is 5.28. The molecule has 0 spiro atoms. The Morgan fingerprint density at radius 1 is 1.20 bits per heavy atom. The first kappa shape index (κ1) is 17.6. The first-order chi connectivity index (χ1) is 11.9. The fourth-order valence-electron chi connectivity index (χ4n) is 7.26. The Balaban J connectivity index is 1.63. The number of rotatable bonds is 2. The van der Waals surface area contributed by atoms with Crippen molar-refractivity contribution in [3.8, 4) is 12.3 Å². The summed E-state index contributed by atoms with van der Waals surface area (Å²) in [7, 11) is 0. The van der Waals surface area contributed by atoms with Crippen LogP contribution in [-0.4, -0.2) is 23.4 Å². The van der Waals surface area contributed by atoms with E-state index in [4.69, 9.17) is 11.2 Å². The molecule has 3 fully saturated rings. The molecule has 0 radical (unpaired) electrons. The van der Waals surface area contributed by atoms with E-state index in [1.54, 1.807) is 5.57 Å². The summed E-state index contributed by atoms with van der Waals surface area (Å²) in [4.78, 5) is 0. The molecule has 2 heteroatoms. The molecule has 0 amide bonds. The Morgan fingerprint density at radius 2 is 1.96 bits per heavy atom. The SMILES string of the molecule is C#C[C@@]1(O)CC[C@H]2[C@@H]3CC=C4C[C@@H](OCC)CC[C@]4(C)[C@H]3CC[C@@]21C. The van der Waals surface area contributed by atoms with Crippen LogP contribution in [0, 0.1) is 40.9 Å². The van der Waals surface area contributed by atoms with Gasteiger partial charge in [-0.05, 0) is 81.5 Å². The summed E-state index contributed by atoms with van der Waals surface area (Å²) in [5, 5.41) is 11.1. The van der Waals surface area contributed by atoms with Crippen molar-refractivity contribution in [2.75, 3.05) is 6.61 Å². The van der Waals surface area contributed by atoms with E-state index in [1.165, 1.54) is 25.7 Å². The minimum absolute atomic E-state index is 0.0901. The van der Waals surface area contributed by atoms with Crippen molar-refractivity contribution in [3.05, 3.63) is 11.6 Å². The summed E-state index contributed by atoms with van der Waals surface area (Å²) in [6.45, 7) is 7.72. The second kappa shape index (κ2) is 5.86. The minimum atomic E-state index is -0.889. The van der Waals surface area contributed by atoms with Crippen molar-refractivity contribution in [2.45, 2.75) is 83.8 Å². The van der Waals surface area contributed by atoms with Crippen LogP contribution < -0.4 is 0 Å². The van der Waals surface area contributed by atoms with Gasteiger partial charge in [0.25, 0.3) is 0 Å². The molecule has 4 rings (SSSR count). The summed E-state index contributed by atoms with van der Waals surface area (Å²) in [6.07, 6.45) is 17.7. The van der Waals surface area contributed by atoms with Crippen LogP contribution in [0.15, 0.2) is 11.6 Å². The third kappa shape index (κ3) is 2.31. The van der Waals surface area contributed by atoms with Gasteiger partial charge in [0.2, 0.25) is 0 Å². The summed E-state index contributed by atoms with van der Waals surface area (Å²) in [5.41, 5.74) is 1.02. The molecule has 0 saturated heterocycles. The number of aliphatic hydroxyl groups is 1. The second-order valence-corrected chi connectivity index (χ2v) is 9.58. The van der Waals surface area contributed by atoms with Crippen molar-refractivity contribution < 1.29 is 9.84 Å². The molecular formula is C23H34O2. The van der Waals surface area contributed by atoms with Crippen LogP contribution in [0.5, 0.6) is 0 Å². The first-order valence-electron chi connectivity index (χ1n) is 10.4. The number of allylic oxidation sites excluding steroid dienone is 1. The maximum atomic E-state index is 11.1. The summed E-state index contributed by atoms with van der Waals surface area (Å²) in [6, 6.07) is 0. The molecule has 25 heavy (non-hydrogen) atoms. The molecule has 4 aliphatic carbocycles. The Hall–Kier alpha value is -0.780. The quantitative estimate of drug-likeness (QED) is 0.581. The topological polar surface area (TPSA) is 29.5 Å². The number of ether oxygens (including phenoxy) is 1. The van der Waals surface area contributed by atoms with Gasteiger partial charge in [0.15, 0.2) is 0 Å². The summed E-state index contributed by atoms with van der Waals surface area (Å²) >= 11 is 0. The highest BCUT2D eigenvalue weighted by Crippen LogP contribution is 2.67. The molecule has 4 aliphatic rings. The van der Waals surface area contributed by atoms with E-state index in [0.29, 0.717) is 23.4 Å². The molecule has 0 heterocycles. The number of terminal acetylenes is 1. The van der Waals surface area contributed by atoms with E-state index >= 15 is 0 Å². The van der Waals surface area contributed by atoms with E-state index in [1.807, 2.05) is 0 Å². The molecule has 2 nitrogen and oxygen atoms in total. The van der Waals surface area contributed by atoms with Crippen LogP contribution in [0.4, 0.5) is 0 Å². The van der Waals surface area contributed by atoms with Gasteiger partial charge in [0.1, 0.15) is 5.60 Å². The third-order valence-corrected chi connectivity index (χ3v) is 8.85. The van der Waals surface area contributed by atoms with E-state index in [-0.39, 0.29) is 5.41 Å². The largest absolute Gasteiger partial charge is 0.378 e. The minimum Gasteiger partial charge on any atom is -0.378 e. The smallest absolute Gasteiger partial charge is 0.130 e. The van der Waals surface area contributed by atoms with Crippen LogP contribution in [0.2, 0.25) is 0 Å². The zero-order chi connectivity index (χ0) is 17.9. The summed E-state index contributed by atoms with van der Waals surface area (Å²) < 4.78 is 5.94. The van der Waals surface area contributed by atoms with Gasteiger partial charge in [0, 0.05) is 12.0 Å². The maximum absolute atomic E-state index is 11.1. The molecule has 7 atom stereocenters. The van der Waals surface area contributed by atoms with Gasteiger partial charge < -0.3 is 9.84 Å². The average molecular weight is 343 g/mol. The fraction of sp³-hybridized carbons (Fsp3) is 0.826. The van der Waals surface area contributed by atoms with Crippen LogP contribution in [0.1, 0.15) is 72.1 Å². The van der Waals surface area contributed by atoms with Crippen molar-refractivity contribution in [3.63, 3.8) is 0 Å². The van der Waals surface area contributed by atoms with Crippen LogP contribution in [0.25, 0.3) is 0 Å². The molecule has 0 aromatic rings. The van der Waals surface area contributed by atoms with E-state index in [9.17, 15) is 5.11 Å². The van der Waals surface area contributed by atoms with Crippen molar-refractivity contribution >= 4 is 0 Å². The summed E-state index contributed by atoms with van der Waals surface area (Å²) in [5.74, 6) is 4.81. The number of hydrogen-bond acceptors (Lipinski definition) is 2. The van der Waals surface area contributed by atoms with Gasteiger partial charge in [-0.25, -0.2) is 0 Å². The van der Waals surface area contributed by atoms with Crippen molar-refractivity contribution in [2.24, 2.45) is 28.6 Å². The number of fused-ring (bicyclic) bond motifs is 5. The highest BCUT2D eigenvalue weighted by atomic mass is 16.5. The van der Waals surface area contributed by atoms with Crippen LogP contribution in [-0.2, 0) is 4.74 Å². The van der Waals surface area contributed by atoms with Crippen LogP contribution >= 0.6 is 0 Å². The van der Waals surface area contributed by atoms with E-state index in [2.05, 4.69) is 32.8 Å². The molecule has 0 aliphatic heterocycles. The standard InChI is InChI=1S/C23H34O2/c1-5-23(24)14-11-20-18-8-7-16-15-17(25-6-2)9-12-21(16,3)19(18)10-13-22(20,23)4/h1,7,17-20,24H,6,8-15H2,2-4H3/t17-,18+,19-,20-,21-,22-,23+/m0/s1. The zero-order valence-corrected chi connectivity index (χ0v) is 16.2. The molecule has 0 bridgehead atoms. The molecule has 0 unspecified atom stereocenters. The number of hydrogen-bond donors (Lipinski definition) is 1. The van der Waals surface area contributed by atoms with Gasteiger partial charge in [-0.3, -0.25) is 0 Å².